The lowest BCUT2D eigenvalue weighted by Crippen LogP contribution is -2.32. The standard InChI is InChI=1S/C13H18BrN3O/c1-8-6-10(4-5-18-8)15-12-7-11(14)16-13(17-12)9-2-3-9/h7-10H,2-6H2,1H3,(H,15,16,17). The lowest BCUT2D eigenvalue weighted by Gasteiger charge is -2.28. The van der Waals surface area contributed by atoms with Crippen LogP contribution in [0.5, 0.6) is 0 Å². The third-order valence-electron chi connectivity index (χ3n) is 3.49. The number of anilines is 1. The smallest absolute Gasteiger partial charge is 0.135 e. The second kappa shape index (κ2) is 5.13. The van der Waals surface area contributed by atoms with Crippen LogP contribution in [0.2, 0.25) is 0 Å². The fourth-order valence-electron chi connectivity index (χ4n) is 2.37. The molecular formula is C13H18BrN3O. The Morgan fingerprint density at radius 2 is 2.17 bits per heavy atom. The van der Waals surface area contributed by atoms with Gasteiger partial charge in [0.25, 0.3) is 0 Å². The molecule has 2 aliphatic rings. The van der Waals surface area contributed by atoms with Crippen LogP contribution in [0, 0.1) is 0 Å². The summed E-state index contributed by atoms with van der Waals surface area (Å²) in [5.74, 6) is 2.50. The summed E-state index contributed by atoms with van der Waals surface area (Å²) in [7, 11) is 0. The van der Waals surface area contributed by atoms with Gasteiger partial charge in [-0.15, -0.1) is 0 Å². The van der Waals surface area contributed by atoms with E-state index in [1.807, 2.05) is 6.07 Å². The van der Waals surface area contributed by atoms with Gasteiger partial charge in [-0.1, -0.05) is 0 Å². The molecule has 98 valence electrons. The van der Waals surface area contributed by atoms with Crippen molar-refractivity contribution in [1.82, 2.24) is 9.97 Å². The molecule has 1 aromatic rings. The normalized spacial score (nSPS) is 28.1. The van der Waals surface area contributed by atoms with E-state index in [9.17, 15) is 0 Å². The Morgan fingerprint density at radius 1 is 1.33 bits per heavy atom. The topological polar surface area (TPSA) is 47.0 Å². The van der Waals surface area contributed by atoms with E-state index in [0.717, 1.165) is 35.7 Å². The summed E-state index contributed by atoms with van der Waals surface area (Å²) in [5.41, 5.74) is 0. The summed E-state index contributed by atoms with van der Waals surface area (Å²) in [6.45, 7) is 2.96. The first kappa shape index (κ1) is 12.4. The lowest BCUT2D eigenvalue weighted by atomic mass is 10.0. The first-order valence-electron chi connectivity index (χ1n) is 6.63. The van der Waals surface area contributed by atoms with Gasteiger partial charge in [-0.25, -0.2) is 9.97 Å². The molecule has 2 atom stereocenters. The fraction of sp³-hybridized carbons (Fsp3) is 0.692. The van der Waals surface area contributed by atoms with Crippen LogP contribution in [0.1, 0.15) is 44.3 Å². The van der Waals surface area contributed by atoms with Gasteiger partial charge in [-0.3, -0.25) is 0 Å². The third kappa shape index (κ3) is 3.01. The molecule has 1 saturated carbocycles. The van der Waals surface area contributed by atoms with Crippen molar-refractivity contribution in [2.45, 2.75) is 50.7 Å². The molecule has 2 fully saturated rings. The Balaban J connectivity index is 1.71. The van der Waals surface area contributed by atoms with Crippen LogP contribution < -0.4 is 5.32 Å². The van der Waals surface area contributed by atoms with Gasteiger partial charge in [0, 0.05) is 24.6 Å². The SMILES string of the molecule is CC1CC(Nc2cc(Br)nc(C3CC3)n2)CCO1. The fourth-order valence-corrected chi connectivity index (χ4v) is 2.77. The molecule has 0 amide bonds. The number of nitrogens with one attached hydrogen (secondary N) is 1. The molecule has 5 heteroatoms. The average Bonchev–Trinajstić information content (AvgIpc) is 3.11. The van der Waals surface area contributed by atoms with Gasteiger partial charge in [-0.2, -0.15) is 0 Å². The lowest BCUT2D eigenvalue weighted by molar-refractivity contribution is 0.0232. The van der Waals surface area contributed by atoms with Gasteiger partial charge in [0.1, 0.15) is 16.2 Å². The first-order chi connectivity index (χ1) is 8.70. The number of aromatic nitrogens is 2. The maximum Gasteiger partial charge on any atom is 0.135 e. The van der Waals surface area contributed by atoms with Crippen molar-refractivity contribution < 1.29 is 4.74 Å². The molecule has 1 aromatic heterocycles. The van der Waals surface area contributed by atoms with E-state index >= 15 is 0 Å². The molecule has 2 unspecified atom stereocenters. The van der Waals surface area contributed by atoms with Gasteiger partial charge in [0.2, 0.25) is 0 Å². The zero-order valence-corrected chi connectivity index (χ0v) is 12.1. The monoisotopic (exact) mass is 311 g/mol. The average molecular weight is 312 g/mol. The molecule has 18 heavy (non-hydrogen) atoms. The van der Waals surface area contributed by atoms with Crippen molar-refractivity contribution in [2.75, 3.05) is 11.9 Å². The van der Waals surface area contributed by atoms with Gasteiger partial charge < -0.3 is 10.1 Å². The van der Waals surface area contributed by atoms with E-state index in [-0.39, 0.29) is 0 Å². The van der Waals surface area contributed by atoms with E-state index in [1.165, 1.54) is 12.8 Å². The highest BCUT2D eigenvalue weighted by molar-refractivity contribution is 9.10. The molecule has 1 aliphatic heterocycles. The molecule has 1 saturated heterocycles. The summed E-state index contributed by atoms with van der Waals surface area (Å²) in [6, 6.07) is 2.43. The molecular weight excluding hydrogens is 294 g/mol. The van der Waals surface area contributed by atoms with Crippen LogP contribution in [0.25, 0.3) is 0 Å². The minimum atomic E-state index is 0.337. The van der Waals surface area contributed by atoms with Crippen molar-refractivity contribution in [2.24, 2.45) is 0 Å². The number of halogens is 1. The molecule has 2 heterocycles. The third-order valence-corrected chi connectivity index (χ3v) is 3.90. The van der Waals surface area contributed by atoms with E-state index in [4.69, 9.17) is 4.74 Å². The number of hydrogen-bond acceptors (Lipinski definition) is 4. The molecule has 1 N–H and O–H groups in total. The Kier molecular flexibility index (Phi) is 3.52. The van der Waals surface area contributed by atoms with Crippen molar-refractivity contribution in [3.63, 3.8) is 0 Å². The number of hydrogen-bond donors (Lipinski definition) is 1. The van der Waals surface area contributed by atoms with Crippen molar-refractivity contribution in [1.29, 1.82) is 0 Å². The summed E-state index contributed by atoms with van der Waals surface area (Å²) in [6.07, 6.45) is 4.88. The highest BCUT2D eigenvalue weighted by Gasteiger charge is 2.27. The molecule has 0 bridgehead atoms. The first-order valence-corrected chi connectivity index (χ1v) is 7.42. The Bertz CT molecular complexity index is 436. The maximum atomic E-state index is 5.56. The highest BCUT2D eigenvalue weighted by atomic mass is 79.9. The molecule has 4 nitrogen and oxygen atoms in total. The van der Waals surface area contributed by atoms with Crippen LogP contribution in [0.4, 0.5) is 5.82 Å². The molecule has 0 radical (unpaired) electrons. The van der Waals surface area contributed by atoms with Crippen LogP contribution >= 0.6 is 15.9 Å². The minimum absolute atomic E-state index is 0.337. The van der Waals surface area contributed by atoms with Gasteiger partial charge in [-0.05, 0) is 48.5 Å². The zero-order chi connectivity index (χ0) is 12.5. The quantitative estimate of drug-likeness (QED) is 0.871. The number of ether oxygens (including phenoxy) is 1. The van der Waals surface area contributed by atoms with Crippen LogP contribution in [-0.4, -0.2) is 28.7 Å². The predicted molar refractivity (Wildman–Crippen MR) is 73.8 cm³/mol. The zero-order valence-electron chi connectivity index (χ0n) is 10.5. The molecule has 1 aliphatic carbocycles. The van der Waals surface area contributed by atoms with E-state index in [0.29, 0.717) is 18.1 Å². The second-order valence-electron chi connectivity index (χ2n) is 5.26. The summed E-state index contributed by atoms with van der Waals surface area (Å²) >= 11 is 3.47. The van der Waals surface area contributed by atoms with Crippen molar-refractivity contribution >= 4 is 21.7 Å². The molecule has 0 aromatic carbocycles. The Hall–Kier alpha value is -0.680. The highest BCUT2D eigenvalue weighted by Crippen LogP contribution is 2.38. The van der Waals surface area contributed by atoms with E-state index in [1.54, 1.807) is 0 Å². The van der Waals surface area contributed by atoms with Crippen LogP contribution in [0.15, 0.2) is 10.7 Å². The van der Waals surface area contributed by atoms with Crippen LogP contribution in [-0.2, 0) is 4.74 Å². The second-order valence-corrected chi connectivity index (χ2v) is 6.07. The minimum Gasteiger partial charge on any atom is -0.378 e. The maximum absolute atomic E-state index is 5.56. The van der Waals surface area contributed by atoms with Crippen LogP contribution in [0.3, 0.4) is 0 Å². The van der Waals surface area contributed by atoms with E-state index < -0.39 is 0 Å². The summed E-state index contributed by atoms with van der Waals surface area (Å²) < 4.78 is 6.44. The van der Waals surface area contributed by atoms with E-state index in [2.05, 4.69) is 38.1 Å². The largest absolute Gasteiger partial charge is 0.378 e. The summed E-state index contributed by atoms with van der Waals surface area (Å²) in [4.78, 5) is 9.07. The van der Waals surface area contributed by atoms with Crippen molar-refractivity contribution in [3.05, 3.63) is 16.5 Å². The van der Waals surface area contributed by atoms with Gasteiger partial charge in [0.15, 0.2) is 0 Å². The molecule has 0 spiro atoms. The number of nitrogens with zero attached hydrogens (tertiary/aromatic N) is 2. The Labute approximate surface area is 116 Å². The van der Waals surface area contributed by atoms with Gasteiger partial charge >= 0.3 is 0 Å². The molecule has 3 rings (SSSR count). The van der Waals surface area contributed by atoms with Crippen molar-refractivity contribution in [3.8, 4) is 0 Å². The number of rotatable bonds is 3. The summed E-state index contributed by atoms with van der Waals surface area (Å²) in [5, 5.41) is 3.51. The Morgan fingerprint density at radius 3 is 2.89 bits per heavy atom. The predicted octanol–water partition coefficient (Wildman–Crippen LogP) is 3.10. The van der Waals surface area contributed by atoms with Gasteiger partial charge in [0.05, 0.1) is 6.10 Å².